The summed E-state index contributed by atoms with van der Waals surface area (Å²) in [6.45, 7) is -2.30. The first-order chi connectivity index (χ1) is 69.8. The summed E-state index contributed by atoms with van der Waals surface area (Å²) in [5.41, 5.74) is 0. The average molecular weight is 2120 g/mol. The lowest BCUT2D eigenvalue weighted by Gasteiger charge is -2.53. The molecule has 0 aliphatic carbocycles. The number of hydrogen-bond donors (Lipinski definition) is 29. The number of carbonyl (C=O) groups is 6. The molecule has 0 aromatic rings. The van der Waals surface area contributed by atoms with Gasteiger partial charge in [0.1, 0.15) is 189 Å². The van der Waals surface area contributed by atoms with Crippen LogP contribution in [0.25, 0.3) is 0 Å². The van der Waals surface area contributed by atoms with E-state index in [1.807, 2.05) is 0 Å². The Morgan fingerprint density at radius 3 is 1.14 bits per heavy atom. The van der Waals surface area contributed by atoms with Crippen molar-refractivity contribution in [2.75, 3.05) is 59.5 Å². The van der Waals surface area contributed by atoms with Crippen molar-refractivity contribution >= 4 is 35.5 Å². The van der Waals surface area contributed by atoms with Gasteiger partial charge in [0.2, 0.25) is 29.5 Å². The zero-order chi connectivity index (χ0) is 107. The second kappa shape index (κ2) is 63.7. The van der Waals surface area contributed by atoms with Crippen LogP contribution in [0.4, 0.5) is 0 Å². The Morgan fingerprint density at radius 1 is 0.356 bits per heavy atom. The van der Waals surface area contributed by atoms with E-state index in [1.54, 1.807) is 6.08 Å². The molecular weight excluding hydrogens is 1950 g/mol. The van der Waals surface area contributed by atoms with Crippen molar-refractivity contribution in [3.8, 4) is 0 Å². The molecule has 0 aromatic carbocycles. The van der Waals surface area contributed by atoms with Crippen LogP contribution in [0.1, 0.15) is 228 Å². The van der Waals surface area contributed by atoms with Crippen molar-refractivity contribution in [1.29, 1.82) is 0 Å². The van der Waals surface area contributed by atoms with Gasteiger partial charge in [-0.3, -0.25) is 24.0 Å². The summed E-state index contributed by atoms with van der Waals surface area (Å²) in [5, 5.41) is 287. The summed E-state index contributed by atoms with van der Waals surface area (Å²) in [6, 6.07) is -9.28. The van der Waals surface area contributed by atoms with Gasteiger partial charge in [0.05, 0.1) is 83.8 Å². The second-order valence-corrected chi connectivity index (χ2v) is 39.2. The first-order valence-corrected chi connectivity index (χ1v) is 51.6. The third-order valence-corrected chi connectivity index (χ3v) is 27.7. The van der Waals surface area contributed by atoms with E-state index >= 15 is 0 Å². The number of ether oxygens (including phenoxy) is 16. The number of carboxylic acid groups (broad SMARTS) is 1. The fourth-order valence-electron chi connectivity index (χ4n) is 19.6. The molecular formula is C95H167N5O46. The SMILES string of the molecule is CCCCCCCCCCCCC/C=C/[C@@H](O)[C@H](CO[C@@H]1OC(CO)[C@@H](O[C@@H]2OC(CO)[C@H](O[C@@H]3OC(CO)[C@H](O)[C@H](O[C@@H]4OC(CO)[C@H](O)[C@H](O)C4O)C3NC(C)=O)[C@H](O[C@@H]3OC(CO)[C@@H](O)[C@H](O[C@@H]4OC(CO)[C@H](O[C@@H]5OC(CO)[C@H](O)[C@H](O)C5NC(C)=O)[C@H](O[C@]5(C(=O)O)CC(O)[C@@H](NC(C)=O)C([C@H](O)[C@H](O)CO)O5)C4O)C3NC(C)=O)C2O)[C@H](O)C1O)NC(=O)CCCCCCCCCCCCCCCCC. The zero-order valence-electron chi connectivity index (χ0n) is 84.0. The average Bonchev–Trinajstić information content (AvgIpc) is 0.727. The molecule has 51 heteroatoms. The number of allylic oxidation sites excluding steroid dienone is 1. The summed E-state index contributed by atoms with van der Waals surface area (Å²) in [6.07, 6.45) is -50.5. The molecule has 848 valence electrons. The lowest BCUT2D eigenvalue weighted by molar-refractivity contribution is -0.405. The molecule has 8 aliphatic rings. The molecule has 43 atom stereocenters. The highest BCUT2D eigenvalue weighted by Crippen LogP contribution is 2.44. The van der Waals surface area contributed by atoms with E-state index in [0.29, 0.717) is 12.8 Å². The Kier molecular flexibility index (Phi) is 55.1. The summed E-state index contributed by atoms with van der Waals surface area (Å²) in [5.74, 6) is -10.2. The molecule has 8 saturated heterocycles. The number of carboxylic acids is 1. The molecule has 51 nitrogen and oxygen atoms in total. The smallest absolute Gasteiger partial charge is 0.364 e. The molecule has 5 amide bonds. The zero-order valence-corrected chi connectivity index (χ0v) is 84.0. The minimum Gasteiger partial charge on any atom is -0.477 e. The number of unbranched alkanes of at least 4 members (excludes halogenated alkanes) is 25. The summed E-state index contributed by atoms with van der Waals surface area (Å²) in [4.78, 5) is 80.8. The highest BCUT2D eigenvalue weighted by atomic mass is 16.8. The second-order valence-electron chi connectivity index (χ2n) is 39.2. The number of carbonyl (C=O) groups excluding carboxylic acids is 5. The van der Waals surface area contributed by atoms with E-state index in [2.05, 4.69) is 40.4 Å². The minimum atomic E-state index is -3.53. The van der Waals surface area contributed by atoms with Crippen LogP contribution in [0, 0.1) is 0 Å². The molecule has 0 saturated carbocycles. The van der Waals surface area contributed by atoms with Crippen LogP contribution in [0.2, 0.25) is 0 Å². The van der Waals surface area contributed by atoms with Crippen LogP contribution in [0.15, 0.2) is 12.2 Å². The number of nitrogens with one attached hydrogen (secondary N) is 5. The Hall–Kier alpha value is -5.00. The van der Waals surface area contributed by atoms with Crippen LogP contribution in [0.3, 0.4) is 0 Å². The number of amides is 5. The number of aliphatic carboxylic acids is 1. The Bertz CT molecular complexity index is 3770. The van der Waals surface area contributed by atoms with E-state index in [-0.39, 0.29) is 6.42 Å². The van der Waals surface area contributed by atoms with Gasteiger partial charge < -0.3 is 225 Å². The molecule has 8 aliphatic heterocycles. The highest BCUT2D eigenvalue weighted by molar-refractivity contribution is 5.77. The summed E-state index contributed by atoms with van der Waals surface area (Å²) < 4.78 is 98.8. The maximum absolute atomic E-state index is 14.1. The predicted octanol–water partition coefficient (Wildman–Crippen LogP) is -7.28. The Morgan fingerprint density at radius 2 is 0.699 bits per heavy atom. The molecule has 0 spiro atoms. The predicted molar refractivity (Wildman–Crippen MR) is 499 cm³/mol. The van der Waals surface area contributed by atoms with Gasteiger partial charge >= 0.3 is 5.97 Å². The van der Waals surface area contributed by atoms with Crippen LogP contribution in [-0.2, 0) is 105 Å². The number of aliphatic hydroxyl groups excluding tert-OH is 23. The topological polar surface area (TPSA) is 796 Å². The van der Waals surface area contributed by atoms with E-state index < -0.39 is 365 Å². The van der Waals surface area contributed by atoms with E-state index in [4.69, 9.17) is 75.8 Å². The van der Waals surface area contributed by atoms with Gasteiger partial charge in [-0.25, -0.2) is 4.79 Å². The normalized spacial score (nSPS) is 38.0. The first-order valence-electron chi connectivity index (χ1n) is 51.6. The molecule has 8 fully saturated rings. The van der Waals surface area contributed by atoms with Crippen LogP contribution >= 0.6 is 0 Å². The van der Waals surface area contributed by atoms with Gasteiger partial charge in [0.25, 0.3) is 5.79 Å². The van der Waals surface area contributed by atoms with Gasteiger partial charge in [0, 0.05) is 40.5 Å². The number of aliphatic hydroxyl groups is 23. The maximum Gasteiger partial charge on any atom is 0.364 e. The number of hydrogen-bond acceptors (Lipinski definition) is 45. The van der Waals surface area contributed by atoms with E-state index in [9.17, 15) is 151 Å². The molecule has 29 N–H and O–H groups in total. The lowest BCUT2D eigenvalue weighted by Crippen LogP contribution is -2.73. The fraction of sp³-hybridized carbons (Fsp3) is 0.916. The van der Waals surface area contributed by atoms with E-state index in [0.717, 1.165) is 98.3 Å². The molecule has 0 aromatic heterocycles. The monoisotopic (exact) mass is 2110 g/mol. The van der Waals surface area contributed by atoms with Crippen LogP contribution < -0.4 is 26.6 Å². The molecule has 0 radical (unpaired) electrons. The minimum absolute atomic E-state index is 0.0763. The largest absolute Gasteiger partial charge is 0.477 e. The van der Waals surface area contributed by atoms with Crippen molar-refractivity contribution in [2.45, 2.75) is 491 Å². The molecule has 8 heterocycles. The summed E-state index contributed by atoms with van der Waals surface area (Å²) in [7, 11) is 0. The van der Waals surface area contributed by atoms with Gasteiger partial charge in [-0.15, -0.1) is 0 Å². The maximum atomic E-state index is 14.1. The third kappa shape index (κ3) is 35.5. The van der Waals surface area contributed by atoms with Gasteiger partial charge in [-0.2, -0.15) is 0 Å². The fourth-order valence-corrected chi connectivity index (χ4v) is 19.6. The van der Waals surface area contributed by atoms with Crippen molar-refractivity contribution in [3.63, 3.8) is 0 Å². The van der Waals surface area contributed by atoms with E-state index in [1.165, 1.54) is 96.0 Å². The number of rotatable bonds is 63. The van der Waals surface area contributed by atoms with Crippen molar-refractivity contribution in [2.24, 2.45) is 0 Å². The quantitative estimate of drug-likeness (QED) is 0.0199. The molecule has 0 bridgehead atoms. The van der Waals surface area contributed by atoms with Gasteiger partial charge in [-0.05, 0) is 19.3 Å². The summed E-state index contributed by atoms with van der Waals surface area (Å²) >= 11 is 0. The Balaban J connectivity index is 1.14. The highest BCUT2D eigenvalue weighted by Gasteiger charge is 2.64. The molecule has 146 heavy (non-hydrogen) atoms. The standard InChI is InChI=1S/C95H167N5O46/c1-7-9-11-13-15-17-19-21-22-24-26-28-30-32-34-36-62(116)100-51(52(113)35-33-31-29-27-25-23-20-18-16-14-12-10-8-2)46-131-90-76(126)74(124)79(59(43-106)136-90)139-92-77(127)85(80(60(44-107)137-92)140-88-65(98-49(5)111)82(70(120)57(41-104)133-88)142-91-75(125)73(123)69(119)56(40-103)135-91)144-89-66(99-50(6)112)83(71(121)58(42-105)134-89)143-93-78(128)86(81(61(45-108)138-93)141-87-64(97-48(4)110)72(122)68(118)55(39-102)132-87)146-95(94(129)130)37-53(114)63(96-47(3)109)84(145-95)67(117)54(115)38-101/h33,35,51-61,63-93,101-108,113-115,117-128H,7-32,34,36-46H2,1-6H3,(H,96,109)(H,97,110)(H,98,111)(H,99,112)(H,100,116)(H,129,130)/b35-33+/t51-,52+,53?,54+,55?,56?,57?,58?,59?,60?,61?,63+,64?,65?,66?,67+,68-,69-,70-,71+,72+,73-,74+,75?,76?,77?,78?,79+,80-,81-,82+,83+,84?,85+,86+,87-,88-,89-,90+,91-,92-,93-,95-/m0/s1. The van der Waals surface area contributed by atoms with Crippen molar-refractivity contribution in [3.05, 3.63) is 12.2 Å². The van der Waals surface area contributed by atoms with Gasteiger partial charge in [0.15, 0.2) is 44.0 Å². The lowest BCUT2D eigenvalue weighted by atomic mass is 9.88. The van der Waals surface area contributed by atoms with Crippen LogP contribution in [-0.4, -0.2) is 481 Å². The van der Waals surface area contributed by atoms with Crippen molar-refractivity contribution < 1.29 is 227 Å². The molecule has 16 unspecified atom stereocenters. The van der Waals surface area contributed by atoms with Crippen LogP contribution in [0.5, 0.6) is 0 Å². The first kappa shape index (κ1) is 126. The van der Waals surface area contributed by atoms with Gasteiger partial charge in [-0.1, -0.05) is 180 Å². The molecule has 8 rings (SSSR count). The Labute approximate surface area is 848 Å². The van der Waals surface area contributed by atoms with Crippen molar-refractivity contribution in [1.82, 2.24) is 26.6 Å². The third-order valence-electron chi connectivity index (χ3n) is 27.7.